The Morgan fingerprint density at radius 1 is 1.00 bits per heavy atom. The molecule has 30 heavy (non-hydrogen) atoms. The summed E-state index contributed by atoms with van der Waals surface area (Å²) in [6.07, 6.45) is 3.67. The van der Waals surface area contributed by atoms with Crippen LogP contribution in [-0.4, -0.2) is 65.3 Å². The average Bonchev–Trinajstić information content (AvgIpc) is 2.79. The monoisotopic (exact) mass is 410 g/mol. The molecule has 1 aliphatic heterocycles. The predicted octanol–water partition coefficient (Wildman–Crippen LogP) is 2.90. The summed E-state index contributed by atoms with van der Waals surface area (Å²) in [5.41, 5.74) is 3.46. The number of carbonyl (C=O) groups excluding carboxylic acids is 1. The minimum atomic E-state index is -0.188. The van der Waals surface area contributed by atoms with Crippen LogP contribution in [0.2, 0.25) is 0 Å². The van der Waals surface area contributed by atoms with E-state index in [4.69, 9.17) is 9.47 Å². The van der Waals surface area contributed by atoms with Crippen molar-refractivity contribution in [2.75, 3.05) is 64.7 Å². The summed E-state index contributed by atoms with van der Waals surface area (Å²) in [5.74, 6) is 0.897. The predicted molar refractivity (Wildman–Crippen MR) is 122 cm³/mol. The summed E-state index contributed by atoms with van der Waals surface area (Å²) in [5, 5.41) is 5.93. The van der Waals surface area contributed by atoms with Gasteiger partial charge < -0.3 is 29.9 Å². The molecule has 0 atom stereocenters. The molecular formula is C23H30N4O3. The molecule has 0 aliphatic carbocycles. The molecule has 3 rings (SSSR count). The van der Waals surface area contributed by atoms with Gasteiger partial charge in [0, 0.05) is 50.8 Å². The zero-order valence-corrected chi connectivity index (χ0v) is 18.1. The Bertz CT molecular complexity index is 888. The van der Waals surface area contributed by atoms with Crippen LogP contribution in [0.5, 0.6) is 11.5 Å². The van der Waals surface area contributed by atoms with Crippen LogP contribution in [0, 0.1) is 0 Å². The van der Waals surface area contributed by atoms with Gasteiger partial charge in [-0.25, -0.2) is 0 Å². The fraction of sp³-hybridized carbons (Fsp3) is 0.348. The van der Waals surface area contributed by atoms with Crippen LogP contribution < -0.4 is 25.0 Å². The van der Waals surface area contributed by atoms with Crippen molar-refractivity contribution in [1.82, 2.24) is 10.2 Å². The van der Waals surface area contributed by atoms with Gasteiger partial charge in [0.25, 0.3) is 5.91 Å². The number of amides is 1. The van der Waals surface area contributed by atoms with Gasteiger partial charge in [-0.1, -0.05) is 0 Å². The lowest BCUT2D eigenvalue weighted by Crippen LogP contribution is -2.44. The van der Waals surface area contributed by atoms with Crippen molar-refractivity contribution < 1.29 is 14.3 Å². The van der Waals surface area contributed by atoms with Crippen molar-refractivity contribution in [2.24, 2.45) is 0 Å². The molecular weight excluding hydrogens is 380 g/mol. The molecule has 0 aromatic heterocycles. The minimum absolute atomic E-state index is 0.188. The van der Waals surface area contributed by atoms with Crippen molar-refractivity contribution in [3.8, 4) is 11.5 Å². The first-order chi connectivity index (χ1) is 14.5. The number of carbonyl (C=O) groups is 1. The quantitative estimate of drug-likeness (QED) is 0.732. The van der Waals surface area contributed by atoms with Crippen molar-refractivity contribution >= 4 is 23.4 Å². The Kier molecular flexibility index (Phi) is 7.19. The Morgan fingerprint density at radius 3 is 2.23 bits per heavy atom. The second-order valence-corrected chi connectivity index (χ2v) is 7.19. The van der Waals surface area contributed by atoms with Crippen LogP contribution in [0.25, 0.3) is 6.08 Å². The van der Waals surface area contributed by atoms with E-state index in [1.54, 1.807) is 33.4 Å². The summed E-state index contributed by atoms with van der Waals surface area (Å²) in [7, 11) is 6.89. The first-order valence-electron chi connectivity index (χ1n) is 10.0. The van der Waals surface area contributed by atoms with Crippen LogP contribution in [0.4, 0.5) is 11.4 Å². The smallest absolute Gasteiger partial charge is 0.251 e. The van der Waals surface area contributed by atoms with Gasteiger partial charge in [-0.2, -0.15) is 0 Å². The van der Waals surface area contributed by atoms with E-state index in [-0.39, 0.29) is 5.91 Å². The average molecular weight is 411 g/mol. The lowest BCUT2D eigenvalue weighted by molar-refractivity contribution is 0.0962. The highest BCUT2D eigenvalue weighted by Crippen LogP contribution is 2.31. The molecule has 7 heteroatoms. The van der Waals surface area contributed by atoms with Gasteiger partial charge in [0.1, 0.15) is 0 Å². The van der Waals surface area contributed by atoms with Crippen LogP contribution in [0.1, 0.15) is 15.9 Å². The number of hydrogen-bond donors (Lipinski definition) is 2. The van der Waals surface area contributed by atoms with Crippen LogP contribution in [0.15, 0.2) is 42.6 Å². The Hall–Kier alpha value is -3.19. The van der Waals surface area contributed by atoms with E-state index in [0.29, 0.717) is 17.1 Å². The summed E-state index contributed by atoms with van der Waals surface area (Å²) in [6, 6.07) is 11.9. The summed E-state index contributed by atoms with van der Waals surface area (Å²) in [6.45, 7) is 4.26. The molecule has 1 amide bonds. The third kappa shape index (κ3) is 5.04. The van der Waals surface area contributed by atoms with Crippen LogP contribution >= 0.6 is 0 Å². The van der Waals surface area contributed by atoms with E-state index in [9.17, 15) is 4.79 Å². The highest BCUT2D eigenvalue weighted by atomic mass is 16.5. The Morgan fingerprint density at radius 2 is 1.63 bits per heavy atom. The van der Waals surface area contributed by atoms with E-state index in [1.807, 2.05) is 12.3 Å². The first-order valence-corrected chi connectivity index (χ1v) is 10.0. The highest BCUT2D eigenvalue weighted by Gasteiger charge is 2.15. The minimum Gasteiger partial charge on any atom is -0.493 e. The molecule has 0 spiro atoms. The molecule has 0 unspecified atom stereocenters. The molecule has 1 saturated heterocycles. The number of hydrogen-bond acceptors (Lipinski definition) is 6. The molecule has 1 aliphatic rings. The number of benzene rings is 2. The van der Waals surface area contributed by atoms with Gasteiger partial charge >= 0.3 is 0 Å². The second kappa shape index (κ2) is 10.0. The molecule has 160 valence electrons. The second-order valence-electron chi connectivity index (χ2n) is 7.19. The summed E-state index contributed by atoms with van der Waals surface area (Å²) < 4.78 is 10.7. The molecule has 1 fully saturated rings. The Labute approximate surface area is 178 Å². The molecule has 0 saturated carbocycles. The molecule has 2 aromatic carbocycles. The van der Waals surface area contributed by atoms with Crippen molar-refractivity contribution in [1.29, 1.82) is 0 Å². The lowest BCUT2D eigenvalue weighted by atomic mass is 10.1. The van der Waals surface area contributed by atoms with Crippen LogP contribution in [0.3, 0.4) is 0 Å². The van der Waals surface area contributed by atoms with E-state index < -0.39 is 0 Å². The standard InChI is InChI=1S/C23H30N4O3/c1-24-23(28)20-16-22(30-4)21(29-3)15-17(20)9-10-25-18-5-7-19(8-6-18)27-13-11-26(2)12-14-27/h5-10,15-16,25H,11-14H2,1-4H3,(H,24,28)/b10-9+. The zero-order valence-electron chi connectivity index (χ0n) is 18.1. The van der Waals surface area contributed by atoms with E-state index >= 15 is 0 Å². The third-order valence-electron chi connectivity index (χ3n) is 5.28. The normalized spacial score (nSPS) is 14.6. The largest absolute Gasteiger partial charge is 0.493 e. The van der Waals surface area contributed by atoms with Crippen molar-refractivity contribution in [2.45, 2.75) is 0 Å². The number of nitrogens with zero attached hydrogens (tertiary/aromatic N) is 2. The molecule has 0 bridgehead atoms. The molecule has 2 N–H and O–H groups in total. The Balaban J connectivity index is 1.72. The number of methoxy groups -OCH3 is 2. The van der Waals surface area contributed by atoms with Crippen molar-refractivity contribution in [3.05, 3.63) is 53.7 Å². The number of piperazine rings is 1. The van der Waals surface area contributed by atoms with Gasteiger partial charge in [-0.3, -0.25) is 4.79 Å². The lowest BCUT2D eigenvalue weighted by Gasteiger charge is -2.34. The molecule has 1 heterocycles. The van der Waals surface area contributed by atoms with Gasteiger partial charge in [0.15, 0.2) is 11.5 Å². The van der Waals surface area contributed by atoms with E-state index in [1.165, 1.54) is 5.69 Å². The number of ether oxygens (including phenoxy) is 2. The maximum absolute atomic E-state index is 12.3. The maximum atomic E-state index is 12.3. The SMILES string of the molecule is CNC(=O)c1cc(OC)c(OC)cc1/C=C/Nc1ccc(N2CCN(C)CC2)cc1. The molecule has 0 radical (unpaired) electrons. The fourth-order valence-electron chi connectivity index (χ4n) is 3.42. The third-order valence-corrected chi connectivity index (χ3v) is 5.28. The van der Waals surface area contributed by atoms with Crippen LogP contribution in [-0.2, 0) is 0 Å². The van der Waals surface area contributed by atoms with Gasteiger partial charge in [0.05, 0.1) is 19.8 Å². The topological polar surface area (TPSA) is 66.1 Å². The van der Waals surface area contributed by atoms with E-state index in [0.717, 1.165) is 37.4 Å². The van der Waals surface area contributed by atoms with E-state index in [2.05, 4.69) is 51.7 Å². The zero-order chi connectivity index (χ0) is 21.5. The highest BCUT2D eigenvalue weighted by molar-refractivity contribution is 5.98. The molecule has 2 aromatic rings. The molecule has 7 nitrogen and oxygen atoms in total. The van der Waals surface area contributed by atoms with Crippen molar-refractivity contribution in [3.63, 3.8) is 0 Å². The number of nitrogens with one attached hydrogen (secondary N) is 2. The van der Waals surface area contributed by atoms with Gasteiger partial charge in [0.2, 0.25) is 0 Å². The first kappa shape index (κ1) is 21.5. The summed E-state index contributed by atoms with van der Waals surface area (Å²) >= 11 is 0. The number of anilines is 2. The van der Waals surface area contributed by atoms with Gasteiger partial charge in [-0.05, 0) is 55.1 Å². The number of likely N-dealkylation sites (N-methyl/N-ethyl adjacent to an activating group) is 1. The van der Waals surface area contributed by atoms with Gasteiger partial charge in [-0.15, -0.1) is 0 Å². The number of rotatable bonds is 7. The fourth-order valence-corrected chi connectivity index (χ4v) is 3.42. The maximum Gasteiger partial charge on any atom is 0.251 e. The summed E-state index contributed by atoms with van der Waals surface area (Å²) in [4.78, 5) is 17.0.